The second-order valence-corrected chi connectivity index (χ2v) is 6.21. The van der Waals surface area contributed by atoms with Gasteiger partial charge in [-0.15, -0.1) is 11.6 Å². The Hall–Kier alpha value is -1.06. The Kier molecular flexibility index (Phi) is 5.44. The number of carbonyl (C=O) groups is 1. The summed E-state index contributed by atoms with van der Waals surface area (Å²) in [5.41, 5.74) is 0.692. The maximum Gasteiger partial charge on any atom is 0.251 e. The molecule has 2 aromatic rings. The summed E-state index contributed by atoms with van der Waals surface area (Å²) in [5, 5.41) is 5.18. The largest absolute Gasteiger partial charge is 0.350 e. The van der Waals surface area contributed by atoms with Gasteiger partial charge in [0.15, 0.2) is 0 Å². The minimum absolute atomic E-state index is 0.0307. The number of rotatable bonds is 5. The van der Waals surface area contributed by atoms with E-state index in [0.717, 1.165) is 28.1 Å². The summed E-state index contributed by atoms with van der Waals surface area (Å²) in [7, 11) is 0. The highest BCUT2D eigenvalue weighted by Crippen LogP contribution is 2.21. The monoisotopic (exact) mass is 353 g/mol. The third-order valence-electron chi connectivity index (χ3n) is 3.21. The maximum atomic E-state index is 12.2. The van der Waals surface area contributed by atoms with Crippen molar-refractivity contribution in [2.75, 3.05) is 5.88 Å². The normalized spacial score (nSPS) is 12.3. The fourth-order valence-corrected chi connectivity index (χ4v) is 2.65. The Labute approximate surface area is 132 Å². The highest BCUT2D eigenvalue weighted by Gasteiger charge is 2.10. The first-order valence-electron chi connectivity index (χ1n) is 6.66. The van der Waals surface area contributed by atoms with Crippen molar-refractivity contribution in [1.29, 1.82) is 0 Å². The lowest BCUT2D eigenvalue weighted by molar-refractivity contribution is 0.0938. The van der Waals surface area contributed by atoms with Gasteiger partial charge in [-0.3, -0.25) is 4.79 Å². The van der Waals surface area contributed by atoms with Gasteiger partial charge < -0.3 is 5.32 Å². The second kappa shape index (κ2) is 7.09. The molecule has 0 spiro atoms. The molecular weight excluding hydrogens is 338 g/mol. The number of halogens is 2. The number of carbonyl (C=O) groups excluding carboxylic acids is 1. The Morgan fingerprint density at radius 2 is 1.95 bits per heavy atom. The van der Waals surface area contributed by atoms with Crippen LogP contribution >= 0.6 is 27.5 Å². The minimum atomic E-state index is -0.0307. The quantitative estimate of drug-likeness (QED) is 0.772. The van der Waals surface area contributed by atoms with Crippen LogP contribution in [0, 0.1) is 0 Å². The Balaban J connectivity index is 2.12. The molecule has 0 bridgehead atoms. The van der Waals surface area contributed by atoms with Gasteiger partial charge in [0.1, 0.15) is 0 Å². The lowest BCUT2D eigenvalue weighted by Gasteiger charge is -2.13. The molecule has 1 N–H and O–H groups in total. The van der Waals surface area contributed by atoms with Gasteiger partial charge in [0, 0.05) is 22.0 Å². The Morgan fingerprint density at radius 3 is 2.70 bits per heavy atom. The van der Waals surface area contributed by atoms with E-state index >= 15 is 0 Å². The summed E-state index contributed by atoms with van der Waals surface area (Å²) in [5.74, 6) is 0.599. The van der Waals surface area contributed by atoms with E-state index in [2.05, 4.69) is 21.2 Å². The molecule has 0 aromatic heterocycles. The van der Waals surface area contributed by atoms with Gasteiger partial charge in [-0.25, -0.2) is 0 Å². The lowest BCUT2D eigenvalue weighted by atomic mass is 10.1. The molecule has 0 fully saturated rings. The molecule has 1 unspecified atom stereocenters. The van der Waals surface area contributed by atoms with Gasteiger partial charge in [-0.2, -0.15) is 0 Å². The van der Waals surface area contributed by atoms with Crippen LogP contribution in [0.1, 0.15) is 30.1 Å². The van der Waals surface area contributed by atoms with Gasteiger partial charge >= 0.3 is 0 Å². The molecule has 0 saturated heterocycles. The number of hydrogen-bond acceptors (Lipinski definition) is 1. The first-order valence-corrected chi connectivity index (χ1v) is 7.99. The summed E-state index contributed by atoms with van der Waals surface area (Å²) in [6.07, 6.45) is 1.81. The second-order valence-electron chi connectivity index (χ2n) is 4.91. The van der Waals surface area contributed by atoms with E-state index in [1.807, 2.05) is 43.3 Å². The molecule has 20 heavy (non-hydrogen) atoms. The van der Waals surface area contributed by atoms with Crippen LogP contribution in [-0.2, 0) is 0 Å². The van der Waals surface area contributed by atoms with Gasteiger partial charge in [0.25, 0.3) is 5.91 Å². The molecule has 1 amide bonds. The van der Waals surface area contributed by atoms with E-state index in [0.29, 0.717) is 11.4 Å². The molecule has 2 nitrogen and oxygen atoms in total. The molecule has 1 atom stereocenters. The summed E-state index contributed by atoms with van der Waals surface area (Å²) < 4.78 is 1.04. The predicted octanol–water partition coefficient (Wildman–Crippen LogP) is 4.74. The van der Waals surface area contributed by atoms with E-state index in [1.54, 1.807) is 0 Å². The van der Waals surface area contributed by atoms with Crippen molar-refractivity contribution >= 4 is 44.2 Å². The average molecular weight is 355 g/mol. The molecule has 2 aromatic carbocycles. The van der Waals surface area contributed by atoms with Crippen molar-refractivity contribution in [3.8, 4) is 0 Å². The summed E-state index contributed by atoms with van der Waals surface area (Å²) >= 11 is 9.11. The van der Waals surface area contributed by atoms with E-state index in [1.165, 1.54) is 0 Å². The molecule has 0 radical (unpaired) electrons. The average Bonchev–Trinajstić information content (AvgIpc) is 2.44. The summed E-state index contributed by atoms with van der Waals surface area (Å²) in [4.78, 5) is 12.2. The number of alkyl halides is 1. The van der Waals surface area contributed by atoms with Crippen LogP contribution in [0.4, 0.5) is 0 Å². The molecule has 0 saturated carbocycles. The van der Waals surface area contributed by atoms with Crippen LogP contribution in [0.2, 0.25) is 0 Å². The Bertz CT molecular complexity index is 614. The van der Waals surface area contributed by atoms with Crippen LogP contribution in [0.15, 0.2) is 40.9 Å². The Morgan fingerprint density at radius 1 is 1.25 bits per heavy atom. The molecule has 106 valence electrons. The SMILES string of the molecule is CC(CCCCl)NC(=O)c1ccc2cc(Br)ccc2c1. The zero-order valence-electron chi connectivity index (χ0n) is 11.3. The fourth-order valence-electron chi connectivity index (χ4n) is 2.12. The van der Waals surface area contributed by atoms with Gasteiger partial charge in [0.2, 0.25) is 0 Å². The number of benzene rings is 2. The number of hydrogen-bond donors (Lipinski definition) is 1. The molecule has 0 heterocycles. The standard InChI is InChI=1S/C16H17BrClNO/c1-11(3-2-8-18)19-16(20)14-5-4-13-10-15(17)7-6-12(13)9-14/h4-7,9-11H,2-3,8H2,1H3,(H,19,20). The minimum Gasteiger partial charge on any atom is -0.350 e. The van der Waals surface area contributed by atoms with E-state index < -0.39 is 0 Å². The van der Waals surface area contributed by atoms with Crippen molar-refractivity contribution in [3.05, 3.63) is 46.4 Å². The number of amides is 1. The first-order chi connectivity index (χ1) is 9.60. The molecule has 0 aliphatic heterocycles. The topological polar surface area (TPSA) is 29.1 Å². The van der Waals surface area contributed by atoms with Crippen LogP contribution in [0.3, 0.4) is 0 Å². The highest BCUT2D eigenvalue weighted by atomic mass is 79.9. The summed E-state index contributed by atoms with van der Waals surface area (Å²) in [6, 6.07) is 11.9. The van der Waals surface area contributed by atoms with E-state index in [-0.39, 0.29) is 11.9 Å². The molecule has 4 heteroatoms. The molecule has 2 rings (SSSR count). The zero-order chi connectivity index (χ0) is 14.5. The number of nitrogens with one attached hydrogen (secondary N) is 1. The first kappa shape index (κ1) is 15.3. The summed E-state index contributed by atoms with van der Waals surface area (Å²) in [6.45, 7) is 2.00. The van der Waals surface area contributed by atoms with Crippen LogP contribution in [-0.4, -0.2) is 17.8 Å². The van der Waals surface area contributed by atoms with Crippen LogP contribution in [0.25, 0.3) is 10.8 Å². The number of fused-ring (bicyclic) bond motifs is 1. The third kappa shape index (κ3) is 3.97. The fraction of sp³-hybridized carbons (Fsp3) is 0.312. The van der Waals surface area contributed by atoms with Crippen LogP contribution in [0.5, 0.6) is 0 Å². The smallest absolute Gasteiger partial charge is 0.251 e. The van der Waals surface area contributed by atoms with Gasteiger partial charge in [-0.05, 0) is 54.8 Å². The van der Waals surface area contributed by atoms with E-state index in [4.69, 9.17) is 11.6 Å². The third-order valence-corrected chi connectivity index (χ3v) is 3.97. The van der Waals surface area contributed by atoms with E-state index in [9.17, 15) is 4.79 Å². The van der Waals surface area contributed by atoms with Crippen molar-refractivity contribution in [2.45, 2.75) is 25.8 Å². The zero-order valence-corrected chi connectivity index (χ0v) is 13.7. The maximum absolute atomic E-state index is 12.2. The molecule has 0 aliphatic carbocycles. The van der Waals surface area contributed by atoms with Crippen molar-refractivity contribution < 1.29 is 4.79 Å². The predicted molar refractivity (Wildman–Crippen MR) is 88.5 cm³/mol. The van der Waals surface area contributed by atoms with Crippen molar-refractivity contribution in [2.24, 2.45) is 0 Å². The van der Waals surface area contributed by atoms with Crippen molar-refractivity contribution in [3.63, 3.8) is 0 Å². The lowest BCUT2D eigenvalue weighted by Crippen LogP contribution is -2.32. The van der Waals surface area contributed by atoms with Gasteiger partial charge in [-0.1, -0.05) is 28.1 Å². The highest BCUT2D eigenvalue weighted by molar-refractivity contribution is 9.10. The van der Waals surface area contributed by atoms with Crippen LogP contribution < -0.4 is 5.32 Å². The van der Waals surface area contributed by atoms with Crippen molar-refractivity contribution in [1.82, 2.24) is 5.32 Å². The van der Waals surface area contributed by atoms with Gasteiger partial charge in [0.05, 0.1) is 0 Å². The molecular formula is C16H17BrClNO. The molecule has 0 aliphatic rings.